The topological polar surface area (TPSA) is 31.0 Å². The normalized spacial score (nSPS) is 14.2. The Bertz CT molecular complexity index is 1990. The summed E-state index contributed by atoms with van der Waals surface area (Å²) in [7, 11) is 0. The zero-order chi connectivity index (χ0) is 23.3. The Morgan fingerprint density at radius 2 is 1.43 bits per heavy atom. The summed E-state index contributed by atoms with van der Waals surface area (Å²) in [5.74, 6) is 0. The first kappa shape index (κ1) is 19.0. The molecule has 0 spiro atoms. The lowest BCUT2D eigenvalue weighted by atomic mass is 9.81. The van der Waals surface area contributed by atoms with Gasteiger partial charge in [0, 0.05) is 16.2 Å². The Balaban J connectivity index is 1.53. The summed E-state index contributed by atoms with van der Waals surface area (Å²) in [6, 6.07) is 33.1. The van der Waals surface area contributed by atoms with Crippen LogP contribution >= 0.6 is 0 Å². The van der Waals surface area contributed by atoms with Crippen molar-refractivity contribution in [2.24, 2.45) is 0 Å². The maximum absolute atomic E-state index is 5.87. The van der Waals surface area contributed by atoms with Crippen molar-refractivity contribution in [1.29, 1.82) is 0 Å². The molecule has 0 fully saturated rings. The second-order valence-corrected chi connectivity index (χ2v) is 10.1. The zero-order valence-corrected chi connectivity index (χ0v) is 19.5. The summed E-state index contributed by atoms with van der Waals surface area (Å²) in [4.78, 5) is 4.40. The Kier molecular flexibility index (Phi) is 3.47. The standard InChI is InChI=1S/C32H22N2O/c1-32(2)25-15-20-9-4-3-8-19(20)14-22(25)23-17-30-24(16-26(23)32)21-10-5-6-12-28(21)34(30)29-13-7-11-27-31(29)35-18-33-27/h3-18H,1-2H3. The van der Waals surface area contributed by atoms with Crippen LogP contribution in [0.15, 0.2) is 102 Å². The van der Waals surface area contributed by atoms with Gasteiger partial charge in [-0.25, -0.2) is 4.98 Å². The Labute approximate surface area is 202 Å². The highest BCUT2D eigenvalue weighted by Crippen LogP contribution is 2.52. The summed E-state index contributed by atoms with van der Waals surface area (Å²) in [5.41, 5.74) is 10.4. The Morgan fingerprint density at radius 3 is 2.31 bits per heavy atom. The number of fused-ring (bicyclic) bond motifs is 8. The second-order valence-electron chi connectivity index (χ2n) is 10.1. The maximum Gasteiger partial charge on any atom is 0.182 e. The van der Waals surface area contributed by atoms with Gasteiger partial charge in [0.1, 0.15) is 5.52 Å². The third kappa shape index (κ3) is 2.37. The van der Waals surface area contributed by atoms with Crippen molar-refractivity contribution in [1.82, 2.24) is 9.55 Å². The minimum atomic E-state index is -0.0724. The van der Waals surface area contributed by atoms with E-state index in [0.717, 1.165) is 16.8 Å². The molecule has 0 bridgehead atoms. The van der Waals surface area contributed by atoms with E-state index in [1.165, 1.54) is 61.2 Å². The molecule has 1 aliphatic carbocycles. The second kappa shape index (κ2) is 6.39. The molecule has 0 aliphatic heterocycles. The predicted molar refractivity (Wildman–Crippen MR) is 143 cm³/mol. The van der Waals surface area contributed by atoms with Crippen LogP contribution in [0.1, 0.15) is 25.0 Å². The number of nitrogens with zero attached hydrogens (tertiary/aromatic N) is 2. The number of para-hydroxylation sites is 2. The van der Waals surface area contributed by atoms with E-state index >= 15 is 0 Å². The fraction of sp³-hybridized carbons (Fsp3) is 0.0938. The van der Waals surface area contributed by atoms with Gasteiger partial charge in [-0.2, -0.15) is 0 Å². The molecular formula is C32H22N2O. The zero-order valence-electron chi connectivity index (χ0n) is 19.5. The third-order valence-electron chi connectivity index (χ3n) is 7.91. The van der Waals surface area contributed by atoms with Gasteiger partial charge in [0.15, 0.2) is 12.0 Å². The summed E-state index contributed by atoms with van der Waals surface area (Å²) in [5, 5.41) is 5.09. The molecule has 0 saturated heterocycles. The van der Waals surface area contributed by atoms with Crippen LogP contribution in [0.3, 0.4) is 0 Å². The monoisotopic (exact) mass is 450 g/mol. The van der Waals surface area contributed by atoms with Crippen molar-refractivity contribution in [3.05, 3.63) is 109 Å². The number of hydrogen-bond donors (Lipinski definition) is 0. The highest BCUT2D eigenvalue weighted by atomic mass is 16.3. The number of hydrogen-bond acceptors (Lipinski definition) is 2. The quantitative estimate of drug-likeness (QED) is 0.251. The van der Waals surface area contributed by atoms with E-state index in [9.17, 15) is 0 Å². The maximum atomic E-state index is 5.87. The first-order valence-corrected chi connectivity index (χ1v) is 12.1. The molecule has 166 valence electrons. The van der Waals surface area contributed by atoms with Crippen molar-refractivity contribution < 1.29 is 4.42 Å². The van der Waals surface area contributed by atoms with Crippen LogP contribution in [0.4, 0.5) is 0 Å². The van der Waals surface area contributed by atoms with Crippen molar-refractivity contribution in [3.8, 4) is 16.8 Å². The van der Waals surface area contributed by atoms with Gasteiger partial charge in [-0.05, 0) is 75.5 Å². The largest absolute Gasteiger partial charge is 0.441 e. The fourth-order valence-electron chi connectivity index (χ4n) is 6.19. The summed E-state index contributed by atoms with van der Waals surface area (Å²) in [6.07, 6.45) is 1.53. The molecule has 0 N–H and O–H groups in total. The third-order valence-corrected chi connectivity index (χ3v) is 7.91. The molecule has 1 aliphatic rings. The van der Waals surface area contributed by atoms with E-state index in [4.69, 9.17) is 4.42 Å². The number of benzene rings is 5. The van der Waals surface area contributed by atoms with Gasteiger partial charge < -0.3 is 8.98 Å². The molecule has 0 atom stereocenters. The van der Waals surface area contributed by atoms with Gasteiger partial charge in [0.05, 0.1) is 16.7 Å². The molecule has 0 saturated carbocycles. The van der Waals surface area contributed by atoms with Gasteiger partial charge in [-0.3, -0.25) is 0 Å². The molecule has 7 aromatic rings. The van der Waals surface area contributed by atoms with E-state index in [-0.39, 0.29) is 5.41 Å². The first-order chi connectivity index (χ1) is 17.1. The van der Waals surface area contributed by atoms with Crippen molar-refractivity contribution in [2.45, 2.75) is 19.3 Å². The van der Waals surface area contributed by atoms with Gasteiger partial charge in [0.2, 0.25) is 0 Å². The van der Waals surface area contributed by atoms with Crippen LogP contribution in [-0.2, 0) is 5.41 Å². The van der Waals surface area contributed by atoms with Crippen molar-refractivity contribution in [2.75, 3.05) is 0 Å². The smallest absolute Gasteiger partial charge is 0.182 e. The van der Waals surface area contributed by atoms with Crippen LogP contribution in [0.2, 0.25) is 0 Å². The van der Waals surface area contributed by atoms with Gasteiger partial charge >= 0.3 is 0 Å². The molecule has 35 heavy (non-hydrogen) atoms. The van der Waals surface area contributed by atoms with E-state index in [1.807, 2.05) is 6.07 Å². The lowest BCUT2D eigenvalue weighted by molar-refractivity contribution is 0.600. The average molecular weight is 451 g/mol. The van der Waals surface area contributed by atoms with Gasteiger partial charge in [-0.15, -0.1) is 0 Å². The molecule has 0 unspecified atom stereocenters. The lowest BCUT2D eigenvalue weighted by Gasteiger charge is -2.22. The van der Waals surface area contributed by atoms with Crippen molar-refractivity contribution >= 4 is 43.7 Å². The van der Waals surface area contributed by atoms with Crippen LogP contribution in [0.25, 0.3) is 60.5 Å². The first-order valence-electron chi connectivity index (χ1n) is 12.1. The minimum Gasteiger partial charge on any atom is -0.441 e. The molecule has 5 aromatic carbocycles. The molecule has 3 nitrogen and oxygen atoms in total. The highest BCUT2D eigenvalue weighted by molar-refractivity contribution is 6.12. The molecular weight excluding hydrogens is 428 g/mol. The number of oxazole rings is 1. The number of aromatic nitrogens is 2. The SMILES string of the molecule is CC1(C)c2cc3ccccc3cc2-c2cc3c(cc21)c1ccccc1n3-c1cccc2ncoc12. The molecule has 3 heteroatoms. The fourth-order valence-corrected chi connectivity index (χ4v) is 6.19. The van der Waals surface area contributed by atoms with Gasteiger partial charge in [-0.1, -0.05) is 62.4 Å². The highest BCUT2D eigenvalue weighted by Gasteiger charge is 2.36. The summed E-state index contributed by atoms with van der Waals surface area (Å²) >= 11 is 0. The van der Waals surface area contributed by atoms with E-state index in [1.54, 1.807) is 0 Å². The number of rotatable bonds is 1. The lowest BCUT2D eigenvalue weighted by Crippen LogP contribution is -2.14. The van der Waals surface area contributed by atoms with Crippen molar-refractivity contribution in [3.63, 3.8) is 0 Å². The van der Waals surface area contributed by atoms with Crippen LogP contribution in [0, 0.1) is 0 Å². The van der Waals surface area contributed by atoms with E-state index in [2.05, 4.69) is 108 Å². The van der Waals surface area contributed by atoms with E-state index in [0.29, 0.717) is 0 Å². The minimum absolute atomic E-state index is 0.0724. The molecule has 0 amide bonds. The van der Waals surface area contributed by atoms with Crippen LogP contribution < -0.4 is 0 Å². The average Bonchev–Trinajstić information content (AvgIpc) is 3.54. The Hall–Kier alpha value is -4.37. The van der Waals surface area contributed by atoms with Gasteiger partial charge in [0.25, 0.3) is 0 Å². The molecule has 8 rings (SSSR count). The molecule has 0 radical (unpaired) electrons. The molecule has 2 heterocycles. The Morgan fingerprint density at radius 1 is 0.686 bits per heavy atom. The summed E-state index contributed by atoms with van der Waals surface area (Å²) in [6.45, 7) is 4.71. The van der Waals surface area contributed by atoms with E-state index < -0.39 is 0 Å². The predicted octanol–water partition coefficient (Wildman–Crippen LogP) is 8.38. The van der Waals surface area contributed by atoms with Crippen LogP contribution in [-0.4, -0.2) is 9.55 Å². The molecule has 2 aromatic heterocycles. The summed E-state index contributed by atoms with van der Waals surface area (Å²) < 4.78 is 8.21. The van der Waals surface area contributed by atoms with Crippen LogP contribution in [0.5, 0.6) is 0 Å².